The molecule has 2 heterocycles. The highest BCUT2D eigenvalue weighted by atomic mass is 35.5. The number of hydrogen-bond acceptors (Lipinski definition) is 5. The quantitative estimate of drug-likeness (QED) is 0.519. The van der Waals surface area contributed by atoms with Crippen LogP contribution in [0, 0.1) is 6.92 Å². The predicted octanol–water partition coefficient (Wildman–Crippen LogP) is 4.24. The molecule has 0 fully saturated rings. The van der Waals surface area contributed by atoms with Gasteiger partial charge in [-0.15, -0.1) is 11.3 Å². The van der Waals surface area contributed by atoms with Crippen LogP contribution in [0.5, 0.6) is 5.75 Å². The Labute approximate surface area is 175 Å². The molecule has 1 amide bonds. The fraction of sp³-hybridized carbons (Fsp3) is 0.0952. The van der Waals surface area contributed by atoms with Gasteiger partial charge in [0.15, 0.2) is 6.61 Å². The number of fused-ring (bicyclic) bond motifs is 1. The van der Waals surface area contributed by atoms with Crippen molar-refractivity contribution >= 4 is 39.1 Å². The lowest BCUT2D eigenvalue weighted by molar-refractivity contribution is -0.119. The molecule has 146 valence electrons. The maximum absolute atomic E-state index is 13.0. The number of rotatable bonds is 5. The second-order valence-corrected chi connectivity index (χ2v) is 7.92. The standard InChI is InChI=1S/C21H16ClN3O3S/c1-13-18(14-6-3-2-4-7-14)19-20(29-13)23-12-25(21(19)27)24-17(26)11-28-16-9-5-8-15(22)10-16/h2-10,12H,11H2,1H3,(H,24,26). The molecule has 0 aliphatic heterocycles. The van der Waals surface area contributed by atoms with Crippen LogP contribution in [-0.4, -0.2) is 22.2 Å². The Morgan fingerprint density at radius 2 is 2.00 bits per heavy atom. The van der Waals surface area contributed by atoms with E-state index in [4.69, 9.17) is 16.3 Å². The number of amides is 1. The van der Waals surface area contributed by atoms with Gasteiger partial charge in [0.2, 0.25) is 0 Å². The van der Waals surface area contributed by atoms with Gasteiger partial charge in [0.1, 0.15) is 16.9 Å². The largest absolute Gasteiger partial charge is 0.484 e. The minimum absolute atomic E-state index is 0.265. The van der Waals surface area contributed by atoms with Gasteiger partial charge in [0, 0.05) is 15.5 Å². The fourth-order valence-corrected chi connectivity index (χ4v) is 4.19. The molecule has 1 N–H and O–H groups in total. The zero-order chi connectivity index (χ0) is 20.4. The number of halogens is 1. The summed E-state index contributed by atoms with van der Waals surface area (Å²) in [6.07, 6.45) is 1.31. The van der Waals surface area contributed by atoms with E-state index < -0.39 is 5.91 Å². The molecule has 2 aromatic carbocycles. The van der Waals surface area contributed by atoms with Gasteiger partial charge < -0.3 is 4.74 Å². The van der Waals surface area contributed by atoms with Crippen LogP contribution < -0.4 is 15.7 Å². The number of carbonyl (C=O) groups excluding carboxylic acids is 1. The van der Waals surface area contributed by atoms with Gasteiger partial charge in [0.25, 0.3) is 11.5 Å². The first-order valence-electron chi connectivity index (χ1n) is 8.77. The molecule has 0 aliphatic rings. The summed E-state index contributed by atoms with van der Waals surface area (Å²) in [4.78, 5) is 31.3. The Morgan fingerprint density at radius 3 is 2.76 bits per heavy atom. The van der Waals surface area contributed by atoms with E-state index in [1.807, 2.05) is 37.3 Å². The Morgan fingerprint density at radius 1 is 1.21 bits per heavy atom. The van der Waals surface area contributed by atoms with Crippen molar-refractivity contribution in [2.24, 2.45) is 0 Å². The maximum Gasteiger partial charge on any atom is 0.281 e. The van der Waals surface area contributed by atoms with Gasteiger partial charge in [-0.1, -0.05) is 48.0 Å². The number of nitrogens with zero attached hydrogens (tertiary/aromatic N) is 2. The van der Waals surface area contributed by atoms with Crippen molar-refractivity contribution in [2.45, 2.75) is 6.92 Å². The normalized spacial score (nSPS) is 10.8. The Bertz CT molecular complexity index is 1250. The van der Waals surface area contributed by atoms with Crippen molar-refractivity contribution in [3.05, 3.63) is 81.2 Å². The van der Waals surface area contributed by atoms with Gasteiger partial charge in [-0.25, -0.2) is 9.66 Å². The molecule has 0 atom stereocenters. The van der Waals surface area contributed by atoms with Crippen molar-refractivity contribution in [1.29, 1.82) is 0 Å². The number of nitrogens with one attached hydrogen (secondary N) is 1. The summed E-state index contributed by atoms with van der Waals surface area (Å²) in [5.74, 6) is -0.0187. The van der Waals surface area contributed by atoms with E-state index >= 15 is 0 Å². The number of aromatic nitrogens is 2. The molecule has 0 spiro atoms. The average Bonchev–Trinajstić information content (AvgIpc) is 3.06. The highest BCUT2D eigenvalue weighted by molar-refractivity contribution is 7.19. The third-order valence-electron chi connectivity index (χ3n) is 4.26. The molecule has 0 saturated carbocycles. The smallest absolute Gasteiger partial charge is 0.281 e. The zero-order valence-corrected chi connectivity index (χ0v) is 17.0. The molecular weight excluding hydrogens is 410 g/mol. The van der Waals surface area contributed by atoms with E-state index in [0.717, 1.165) is 20.7 Å². The summed E-state index contributed by atoms with van der Waals surface area (Å²) in [6, 6.07) is 16.4. The van der Waals surface area contributed by atoms with Crippen molar-refractivity contribution in [3.8, 4) is 16.9 Å². The number of benzene rings is 2. The first kappa shape index (κ1) is 19.2. The molecule has 8 heteroatoms. The lowest BCUT2D eigenvalue weighted by atomic mass is 10.0. The van der Waals surface area contributed by atoms with Gasteiger partial charge in [-0.05, 0) is 30.7 Å². The lowest BCUT2D eigenvalue weighted by Gasteiger charge is -2.10. The fourth-order valence-electron chi connectivity index (χ4n) is 3.01. The Kier molecular flexibility index (Phi) is 5.33. The highest BCUT2D eigenvalue weighted by Gasteiger charge is 2.17. The second-order valence-electron chi connectivity index (χ2n) is 6.28. The molecule has 0 aliphatic carbocycles. The van der Waals surface area contributed by atoms with Crippen LogP contribution in [0.4, 0.5) is 0 Å². The molecule has 0 saturated heterocycles. The van der Waals surface area contributed by atoms with Crippen molar-refractivity contribution in [2.75, 3.05) is 12.0 Å². The molecule has 29 heavy (non-hydrogen) atoms. The van der Waals surface area contributed by atoms with Crippen molar-refractivity contribution in [3.63, 3.8) is 0 Å². The summed E-state index contributed by atoms with van der Waals surface area (Å²) in [7, 11) is 0. The van der Waals surface area contributed by atoms with E-state index in [0.29, 0.717) is 21.0 Å². The molecule has 2 aromatic heterocycles. The third-order valence-corrected chi connectivity index (χ3v) is 5.51. The zero-order valence-electron chi connectivity index (χ0n) is 15.4. The molecule has 0 radical (unpaired) electrons. The van der Waals surface area contributed by atoms with Crippen LogP contribution in [-0.2, 0) is 4.79 Å². The van der Waals surface area contributed by atoms with Gasteiger partial charge in [-0.3, -0.25) is 15.0 Å². The van der Waals surface area contributed by atoms with Crippen LogP contribution in [0.1, 0.15) is 4.88 Å². The van der Waals surface area contributed by atoms with E-state index in [1.54, 1.807) is 24.3 Å². The van der Waals surface area contributed by atoms with Gasteiger partial charge in [0.05, 0.1) is 5.39 Å². The van der Waals surface area contributed by atoms with E-state index in [1.165, 1.54) is 17.7 Å². The number of aryl methyl sites for hydroxylation is 1. The first-order valence-corrected chi connectivity index (χ1v) is 9.97. The summed E-state index contributed by atoms with van der Waals surface area (Å²) >= 11 is 7.35. The topological polar surface area (TPSA) is 73.2 Å². The Balaban J connectivity index is 1.61. The molecule has 4 aromatic rings. The summed E-state index contributed by atoms with van der Waals surface area (Å²) in [6.45, 7) is 1.69. The van der Waals surface area contributed by atoms with Crippen LogP contribution in [0.3, 0.4) is 0 Å². The van der Waals surface area contributed by atoms with Crippen molar-refractivity contribution < 1.29 is 9.53 Å². The van der Waals surface area contributed by atoms with E-state index in [2.05, 4.69) is 10.4 Å². The van der Waals surface area contributed by atoms with E-state index in [-0.39, 0.29) is 12.2 Å². The number of carbonyl (C=O) groups is 1. The van der Waals surface area contributed by atoms with E-state index in [9.17, 15) is 9.59 Å². The molecule has 0 bridgehead atoms. The van der Waals surface area contributed by atoms with Crippen LogP contribution >= 0.6 is 22.9 Å². The van der Waals surface area contributed by atoms with Crippen LogP contribution in [0.2, 0.25) is 5.02 Å². The second kappa shape index (κ2) is 8.06. The highest BCUT2D eigenvalue weighted by Crippen LogP contribution is 2.35. The van der Waals surface area contributed by atoms with Gasteiger partial charge in [-0.2, -0.15) is 0 Å². The SMILES string of the molecule is Cc1sc2ncn(NC(=O)COc3cccc(Cl)c3)c(=O)c2c1-c1ccccc1. The lowest BCUT2D eigenvalue weighted by Crippen LogP contribution is -2.35. The predicted molar refractivity (Wildman–Crippen MR) is 115 cm³/mol. The maximum atomic E-state index is 13.0. The van der Waals surface area contributed by atoms with Crippen LogP contribution in [0.25, 0.3) is 21.3 Å². The number of thiophene rings is 1. The summed E-state index contributed by atoms with van der Waals surface area (Å²) < 4.78 is 6.50. The monoisotopic (exact) mass is 425 g/mol. The van der Waals surface area contributed by atoms with Gasteiger partial charge >= 0.3 is 0 Å². The molecule has 6 nitrogen and oxygen atoms in total. The average molecular weight is 426 g/mol. The number of ether oxygens (including phenoxy) is 1. The first-order chi connectivity index (χ1) is 14.0. The minimum atomic E-state index is -0.485. The molecule has 0 unspecified atom stereocenters. The minimum Gasteiger partial charge on any atom is -0.484 e. The summed E-state index contributed by atoms with van der Waals surface area (Å²) in [5, 5.41) is 0.993. The van der Waals surface area contributed by atoms with Crippen LogP contribution in [0.15, 0.2) is 65.7 Å². The molecular formula is C21H16ClN3O3S. The molecule has 4 rings (SSSR count). The number of hydrogen-bond donors (Lipinski definition) is 1. The van der Waals surface area contributed by atoms with Crippen molar-refractivity contribution in [1.82, 2.24) is 9.66 Å². The third kappa shape index (κ3) is 4.01. The summed E-state index contributed by atoms with van der Waals surface area (Å²) in [5.41, 5.74) is 3.95. The Hall–Kier alpha value is -3.16.